The zero-order valence-corrected chi connectivity index (χ0v) is 19.2. The summed E-state index contributed by atoms with van der Waals surface area (Å²) in [5, 5.41) is 11.4. The fourth-order valence-corrected chi connectivity index (χ4v) is 3.40. The van der Waals surface area contributed by atoms with E-state index in [4.69, 9.17) is 4.74 Å². The number of ketones is 1. The van der Waals surface area contributed by atoms with Crippen LogP contribution < -0.4 is 0 Å². The van der Waals surface area contributed by atoms with Gasteiger partial charge in [-0.05, 0) is 51.8 Å². The third-order valence-electron chi connectivity index (χ3n) is 4.92. The number of hydrogen-bond acceptors (Lipinski definition) is 5. The van der Waals surface area contributed by atoms with Gasteiger partial charge in [-0.1, -0.05) is 74.0 Å². The topological polar surface area (TPSA) is 66.8 Å². The fourth-order valence-electron chi connectivity index (χ4n) is 3.40. The minimum Gasteiger partial charge on any atom is -0.457 e. The summed E-state index contributed by atoms with van der Waals surface area (Å²) in [6.45, 7) is 7.13. The van der Waals surface area contributed by atoms with Gasteiger partial charge in [-0.3, -0.25) is 9.69 Å². The number of Topliss-reactive ketones (excluding diaryl/α,β-unsaturated/α-hetero) is 1. The molecule has 0 radical (unpaired) electrons. The number of carbonyl (C=O) groups is 2. The SMILES string of the molecule is [2H][C@](Cc1ccccc1)(C(=O)C(O)(CCC)C(=O)OC(C)(C)C)N(C)Cc1ccccc1. The first kappa shape index (κ1) is 23.2. The Morgan fingerprint density at radius 2 is 1.55 bits per heavy atom. The van der Waals surface area contributed by atoms with Crippen molar-refractivity contribution in [1.29, 1.82) is 0 Å². The number of rotatable bonds is 10. The zero-order valence-electron chi connectivity index (χ0n) is 20.2. The summed E-state index contributed by atoms with van der Waals surface area (Å²) in [6, 6.07) is 16.8. The lowest BCUT2D eigenvalue weighted by Crippen LogP contribution is -2.57. The molecule has 0 aliphatic rings. The number of carbonyl (C=O) groups excluding carboxylic acids is 2. The smallest absolute Gasteiger partial charge is 0.346 e. The van der Waals surface area contributed by atoms with Crippen LogP contribution in [0.3, 0.4) is 0 Å². The summed E-state index contributed by atoms with van der Waals surface area (Å²) in [6.07, 6.45) is 0.283. The molecule has 2 atom stereocenters. The maximum atomic E-state index is 13.9. The Bertz CT molecular complexity index is 897. The van der Waals surface area contributed by atoms with Crippen LogP contribution in [-0.4, -0.2) is 46.0 Å². The number of likely N-dealkylation sites (N-methyl/N-ethyl adjacent to an activating group) is 1. The van der Waals surface area contributed by atoms with Crippen molar-refractivity contribution in [2.45, 2.75) is 70.7 Å². The molecule has 5 heteroatoms. The van der Waals surface area contributed by atoms with Crippen molar-refractivity contribution in [3.8, 4) is 0 Å². The summed E-state index contributed by atoms with van der Waals surface area (Å²) in [7, 11) is 1.67. The number of esters is 1. The molecule has 0 amide bonds. The van der Waals surface area contributed by atoms with Crippen LogP contribution >= 0.6 is 0 Å². The Morgan fingerprint density at radius 3 is 2.03 bits per heavy atom. The molecule has 0 spiro atoms. The average molecular weight is 427 g/mol. The molecule has 0 heterocycles. The third-order valence-corrected chi connectivity index (χ3v) is 4.92. The monoisotopic (exact) mass is 426 g/mol. The van der Waals surface area contributed by atoms with E-state index in [0.29, 0.717) is 13.0 Å². The quantitative estimate of drug-likeness (QED) is 0.456. The summed E-state index contributed by atoms with van der Waals surface area (Å²) < 4.78 is 14.7. The molecule has 0 aromatic heterocycles. The predicted octanol–water partition coefficient (Wildman–Crippen LogP) is 4.17. The molecule has 2 aromatic carbocycles. The highest BCUT2D eigenvalue weighted by Crippen LogP contribution is 2.25. The first-order valence-corrected chi connectivity index (χ1v) is 10.7. The van der Waals surface area contributed by atoms with Crippen LogP contribution in [0, 0.1) is 0 Å². The Kier molecular flexibility index (Phi) is 7.99. The van der Waals surface area contributed by atoms with Crippen molar-refractivity contribution >= 4 is 11.8 Å². The van der Waals surface area contributed by atoms with E-state index in [9.17, 15) is 16.1 Å². The van der Waals surface area contributed by atoms with Crippen molar-refractivity contribution in [3.63, 3.8) is 0 Å². The lowest BCUT2D eigenvalue weighted by molar-refractivity contribution is -0.182. The van der Waals surface area contributed by atoms with Gasteiger partial charge in [-0.15, -0.1) is 0 Å². The van der Waals surface area contributed by atoms with Gasteiger partial charge >= 0.3 is 5.97 Å². The fraction of sp³-hybridized carbons (Fsp3) is 0.462. The molecule has 31 heavy (non-hydrogen) atoms. The van der Waals surface area contributed by atoms with Crippen LogP contribution in [0.15, 0.2) is 60.7 Å². The van der Waals surface area contributed by atoms with Crippen molar-refractivity contribution in [3.05, 3.63) is 71.8 Å². The molecule has 0 aliphatic carbocycles. The summed E-state index contributed by atoms with van der Waals surface area (Å²) in [5.41, 5.74) is -1.61. The average Bonchev–Trinajstić information content (AvgIpc) is 2.73. The second-order valence-electron chi connectivity index (χ2n) is 8.89. The predicted molar refractivity (Wildman–Crippen MR) is 123 cm³/mol. The third kappa shape index (κ3) is 7.01. The van der Waals surface area contributed by atoms with Gasteiger partial charge in [0.05, 0.1) is 7.39 Å². The molecule has 0 saturated heterocycles. The second-order valence-corrected chi connectivity index (χ2v) is 8.89. The molecule has 2 rings (SSSR count). The van der Waals surface area contributed by atoms with Crippen LogP contribution in [-0.2, 0) is 27.3 Å². The molecule has 0 bridgehead atoms. The van der Waals surface area contributed by atoms with Crippen LogP contribution in [0.25, 0.3) is 0 Å². The Labute approximate surface area is 187 Å². The summed E-state index contributed by atoms with van der Waals surface area (Å²) in [4.78, 5) is 28.4. The molecule has 2 aromatic rings. The minimum absolute atomic E-state index is 0.0187. The van der Waals surface area contributed by atoms with Gasteiger partial charge in [-0.2, -0.15) is 0 Å². The number of benzene rings is 2. The Morgan fingerprint density at radius 1 is 1.03 bits per heavy atom. The van der Waals surface area contributed by atoms with Crippen molar-refractivity contribution in [2.75, 3.05) is 7.05 Å². The largest absolute Gasteiger partial charge is 0.457 e. The number of hydrogen-bond donors (Lipinski definition) is 1. The van der Waals surface area contributed by atoms with Crippen LogP contribution in [0.2, 0.25) is 0 Å². The molecule has 0 fully saturated rings. The van der Waals surface area contributed by atoms with E-state index >= 15 is 0 Å². The lowest BCUT2D eigenvalue weighted by atomic mass is 9.85. The first-order chi connectivity index (χ1) is 14.9. The van der Waals surface area contributed by atoms with E-state index in [1.165, 1.54) is 0 Å². The van der Waals surface area contributed by atoms with E-state index < -0.39 is 29.0 Å². The maximum Gasteiger partial charge on any atom is 0.346 e. The van der Waals surface area contributed by atoms with E-state index in [2.05, 4.69) is 0 Å². The van der Waals surface area contributed by atoms with Gasteiger partial charge in [-0.25, -0.2) is 4.79 Å². The minimum atomic E-state index is -2.41. The number of nitrogens with zero attached hydrogens (tertiary/aromatic N) is 1. The Balaban J connectivity index is 2.49. The summed E-state index contributed by atoms with van der Waals surface area (Å²) >= 11 is 0. The first-order valence-electron chi connectivity index (χ1n) is 11.2. The highest BCUT2D eigenvalue weighted by molar-refractivity contribution is 6.09. The standard InChI is InChI=1S/C26H35NO4/c1-6-17-26(30,24(29)31-25(2,3)4)23(28)22(18-20-13-9-7-10-14-20)27(5)19-21-15-11-8-12-16-21/h7-16,22,30H,6,17-19H2,1-5H3/t22-,26?/m0/s1/i22D. The molecular formula is C26H35NO4. The van der Waals surface area contributed by atoms with Crippen molar-refractivity contribution < 1.29 is 20.8 Å². The maximum absolute atomic E-state index is 13.9. The molecule has 0 aliphatic heterocycles. The van der Waals surface area contributed by atoms with Gasteiger partial charge in [0.2, 0.25) is 5.60 Å². The number of ether oxygens (including phenoxy) is 1. The molecule has 1 unspecified atom stereocenters. The van der Waals surface area contributed by atoms with Crippen LogP contribution in [0.5, 0.6) is 0 Å². The van der Waals surface area contributed by atoms with Gasteiger partial charge in [0.25, 0.3) is 0 Å². The zero-order chi connectivity index (χ0) is 24.0. The van der Waals surface area contributed by atoms with Crippen LogP contribution in [0.4, 0.5) is 0 Å². The highest BCUT2D eigenvalue weighted by atomic mass is 16.6. The van der Waals surface area contributed by atoms with Gasteiger partial charge in [0.15, 0.2) is 5.78 Å². The van der Waals surface area contributed by atoms with Gasteiger partial charge in [0, 0.05) is 6.54 Å². The van der Waals surface area contributed by atoms with E-state index in [-0.39, 0.29) is 12.8 Å². The van der Waals surface area contributed by atoms with Crippen molar-refractivity contribution in [1.82, 2.24) is 4.90 Å². The normalized spacial score (nSPS) is 16.2. The molecule has 0 saturated carbocycles. The molecule has 1 N–H and O–H groups in total. The molecule has 5 nitrogen and oxygen atoms in total. The van der Waals surface area contributed by atoms with E-state index in [1.54, 1.807) is 39.6 Å². The molecule has 168 valence electrons. The highest BCUT2D eigenvalue weighted by Gasteiger charge is 2.49. The summed E-state index contributed by atoms with van der Waals surface area (Å²) in [5.74, 6) is -1.88. The van der Waals surface area contributed by atoms with E-state index in [1.807, 2.05) is 60.7 Å². The van der Waals surface area contributed by atoms with E-state index in [0.717, 1.165) is 11.1 Å². The second kappa shape index (κ2) is 10.7. The van der Waals surface area contributed by atoms with Crippen LogP contribution in [0.1, 0.15) is 53.0 Å². The lowest BCUT2D eigenvalue weighted by Gasteiger charge is -2.35. The molecular weight excluding hydrogens is 390 g/mol. The van der Waals surface area contributed by atoms with Gasteiger partial charge in [0.1, 0.15) is 5.60 Å². The van der Waals surface area contributed by atoms with Crippen molar-refractivity contribution in [2.24, 2.45) is 0 Å². The Hall–Kier alpha value is -2.50. The number of aliphatic hydroxyl groups is 1. The van der Waals surface area contributed by atoms with Gasteiger partial charge < -0.3 is 9.84 Å².